The average Bonchev–Trinajstić information content (AvgIpc) is 3.35. The van der Waals surface area contributed by atoms with E-state index in [9.17, 15) is 22.8 Å². The Morgan fingerprint density at radius 3 is 2.49 bits per heavy atom. The number of alkyl halides is 3. The third-order valence-electron chi connectivity index (χ3n) is 4.85. The lowest BCUT2D eigenvalue weighted by molar-refractivity contribution is -0.140. The molecule has 3 rings (SSSR count). The van der Waals surface area contributed by atoms with Crippen LogP contribution in [0.5, 0.6) is 5.88 Å². The monoisotopic (exact) mass is 538 g/mol. The van der Waals surface area contributed by atoms with Gasteiger partial charge >= 0.3 is 18.2 Å². The van der Waals surface area contributed by atoms with E-state index in [-0.39, 0.29) is 40.0 Å². The lowest BCUT2D eigenvalue weighted by atomic mass is 10.0. The summed E-state index contributed by atoms with van der Waals surface area (Å²) in [5, 5.41) is 6.01. The molecule has 3 aromatic heterocycles. The number of rotatable bonds is 9. The predicted octanol–water partition coefficient (Wildman–Crippen LogP) is 4.15. The average molecular weight is 539 g/mol. The van der Waals surface area contributed by atoms with Crippen LogP contribution in [-0.4, -0.2) is 72.8 Å². The Balaban J connectivity index is 2.18. The second kappa shape index (κ2) is 12.0. The van der Waals surface area contributed by atoms with Gasteiger partial charge in [-0.1, -0.05) is 0 Å². The zero-order valence-corrected chi connectivity index (χ0v) is 21.3. The molecule has 2 amide bonds. The summed E-state index contributed by atoms with van der Waals surface area (Å²) in [6, 6.07) is 2.32. The molecule has 2 N–H and O–H groups in total. The van der Waals surface area contributed by atoms with Crippen molar-refractivity contribution in [1.29, 1.82) is 0 Å². The van der Waals surface area contributed by atoms with Gasteiger partial charge in [0.05, 0.1) is 12.7 Å². The molecule has 0 bridgehead atoms. The fraction of sp³-hybridized carbons (Fsp3) is 0.348. The highest BCUT2D eigenvalue weighted by Crippen LogP contribution is 2.40. The van der Waals surface area contributed by atoms with Gasteiger partial charge in [0.15, 0.2) is 5.69 Å². The lowest BCUT2D eigenvalue weighted by Gasteiger charge is -2.16. The molecule has 0 saturated carbocycles. The molecule has 0 atom stereocenters. The first-order chi connectivity index (χ1) is 17.5. The third kappa shape index (κ3) is 7.13. The molecule has 0 fully saturated rings. The van der Waals surface area contributed by atoms with E-state index in [1.54, 1.807) is 6.92 Å². The van der Waals surface area contributed by atoms with Crippen LogP contribution in [0.4, 0.5) is 23.8 Å². The Bertz CT molecular complexity index is 1270. The molecule has 3 heterocycles. The van der Waals surface area contributed by atoms with E-state index in [0.717, 1.165) is 16.7 Å². The number of likely N-dealkylation sites (N-methyl/N-ethyl adjacent to an activating group) is 1. The maximum absolute atomic E-state index is 13.3. The van der Waals surface area contributed by atoms with Crippen molar-refractivity contribution in [2.75, 3.05) is 46.2 Å². The van der Waals surface area contributed by atoms with Gasteiger partial charge in [0.25, 0.3) is 0 Å². The number of anilines is 1. The van der Waals surface area contributed by atoms with Crippen molar-refractivity contribution in [2.45, 2.75) is 13.1 Å². The van der Waals surface area contributed by atoms with Crippen molar-refractivity contribution < 1.29 is 32.2 Å². The number of aromatic nitrogens is 3. The summed E-state index contributed by atoms with van der Waals surface area (Å²) in [6.07, 6.45) is -2.01. The predicted molar refractivity (Wildman–Crippen MR) is 132 cm³/mol. The van der Waals surface area contributed by atoms with Crippen molar-refractivity contribution in [3.63, 3.8) is 0 Å². The van der Waals surface area contributed by atoms with E-state index >= 15 is 0 Å². The van der Waals surface area contributed by atoms with E-state index in [4.69, 9.17) is 9.47 Å². The van der Waals surface area contributed by atoms with Gasteiger partial charge in [0.1, 0.15) is 17.4 Å². The molecule has 0 aliphatic heterocycles. The molecule has 37 heavy (non-hydrogen) atoms. The molecule has 198 valence electrons. The highest BCUT2D eigenvalue weighted by Gasteiger charge is 2.34. The molecule has 0 saturated heterocycles. The highest BCUT2D eigenvalue weighted by atomic mass is 32.1. The summed E-state index contributed by atoms with van der Waals surface area (Å²) < 4.78 is 50.5. The van der Waals surface area contributed by atoms with Crippen molar-refractivity contribution in [2.24, 2.45) is 0 Å². The summed E-state index contributed by atoms with van der Waals surface area (Å²) in [6.45, 7) is 2.90. The zero-order chi connectivity index (χ0) is 27.2. The van der Waals surface area contributed by atoms with Crippen LogP contribution < -0.4 is 15.4 Å². The molecule has 0 spiro atoms. The second-order valence-electron chi connectivity index (χ2n) is 7.86. The van der Waals surface area contributed by atoms with Crippen LogP contribution in [0.3, 0.4) is 0 Å². The molecule has 14 heteroatoms. The Labute approximate surface area is 214 Å². The maximum atomic E-state index is 13.3. The van der Waals surface area contributed by atoms with Crippen molar-refractivity contribution in [1.82, 2.24) is 25.2 Å². The van der Waals surface area contributed by atoms with Crippen LogP contribution >= 0.6 is 11.3 Å². The van der Waals surface area contributed by atoms with Crippen molar-refractivity contribution in [3.05, 3.63) is 41.2 Å². The number of carbonyl (C=O) groups is 2. The van der Waals surface area contributed by atoms with Crippen LogP contribution in [0.1, 0.15) is 23.0 Å². The summed E-state index contributed by atoms with van der Waals surface area (Å²) in [5.41, 5.74) is -0.149. The number of urea groups is 1. The number of hydrogen-bond donors (Lipinski definition) is 2. The van der Waals surface area contributed by atoms with Crippen LogP contribution in [0.15, 0.2) is 29.9 Å². The quantitative estimate of drug-likeness (QED) is 0.390. The molecule has 10 nitrogen and oxygen atoms in total. The third-order valence-corrected chi connectivity index (χ3v) is 5.72. The maximum Gasteiger partial charge on any atom is 0.434 e. The number of carbonyl (C=O) groups excluding carboxylic acids is 2. The van der Waals surface area contributed by atoms with Gasteiger partial charge in [-0.25, -0.2) is 24.5 Å². The topological polar surface area (TPSA) is 119 Å². The first-order valence-corrected chi connectivity index (χ1v) is 11.9. The second-order valence-corrected chi connectivity index (χ2v) is 8.71. The van der Waals surface area contributed by atoms with Crippen LogP contribution in [-0.2, 0) is 10.9 Å². The van der Waals surface area contributed by atoms with Gasteiger partial charge in [-0.05, 0) is 33.2 Å². The van der Waals surface area contributed by atoms with Crippen LogP contribution in [0.25, 0.3) is 21.7 Å². The molecule has 0 radical (unpaired) electrons. The molecule has 0 aromatic carbocycles. The number of methoxy groups -OCH3 is 1. The van der Waals surface area contributed by atoms with E-state index < -0.39 is 23.9 Å². The zero-order valence-electron chi connectivity index (χ0n) is 20.5. The highest BCUT2D eigenvalue weighted by molar-refractivity contribution is 7.13. The largest absolute Gasteiger partial charge is 0.476 e. The van der Waals surface area contributed by atoms with Gasteiger partial charge in [-0.2, -0.15) is 13.2 Å². The van der Waals surface area contributed by atoms with E-state index in [0.29, 0.717) is 18.7 Å². The molecular weight excluding hydrogens is 513 g/mol. The molecule has 0 unspecified atom stereocenters. The molecule has 3 aromatic rings. The molecule has 0 aliphatic rings. The minimum Gasteiger partial charge on any atom is -0.476 e. The normalized spacial score (nSPS) is 11.4. The standard InChI is InChI=1S/C23H25F3N6O4S/c1-5-27-22(34)31-18-9-15(20-30-17(12-37-20)23(24,25)26)16(11-28-18)14-8-13(21(33)35-4)10-29-19(14)36-7-6-32(2)3/h8-12H,5-7H2,1-4H3,(H2,27,28,31,34). The summed E-state index contributed by atoms with van der Waals surface area (Å²) in [5.74, 6) is -0.443. The van der Waals surface area contributed by atoms with E-state index in [1.807, 2.05) is 19.0 Å². The van der Waals surface area contributed by atoms with Crippen LogP contribution in [0.2, 0.25) is 0 Å². The number of ether oxygens (including phenoxy) is 2. The fourth-order valence-corrected chi connectivity index (χ4v) is 3.94. The Kier molecular flexibility index (Phi) is 8.99. The van der Waals surface area contributed by atoms with Gasteiger partial charge in [0, 0.05) is 47.6 Å². The van der Waals surface area contributed by atoms with Crippen molar-refractivity contribution >= 4 is 29.2 Å². The van der Waals surface area contributed by atoms with Crippen molar-refractivity contribution in [3.8, 4) is 27.6 Å². The molecular formula is C23H25F3N6O4S. The van der Waals surface area contributed by atoms with Gasteiger partial charge in [-0.15, -0.1) is 11.3 Å². The fourth-order valence-electron chi connectivity index (χ4n) is 3.08. The molecule has 0 aliphatic carbocycles. The summed E-state index contributed by atoms with van der Waals surface area (Å²) >= 11 is 0.772. The SMILES string of the molecule is CCNC(=O)Nc1cc(-c2nc(C(F)(F)F)cs2)c(-c2cc(C(=O)OC)cnc2OCCN(C)C)cn1. The number of halogens is 3. The Morgan fingerprint density at radius 1 is 1.11 bits per heavy atom. The lowest BCUT2D eigenvalue weighted by Crippen LogP contribution is -2.28. The minimum absolute atomic E-state index is 0.0198. The number of nitrogens with zero attached hydrogens (tertiary/aromatic N) is 4. The minimum atomic E-state index is -4.64. The van der Waals surface area contributed by atoms with Crippen LogP contribution in [0, 0.1) is 0 Å². The Morgan fingerprint density at radius 2 is 1.86 bits per heavy atom. The summed E-state index contributed by atoms with van der Waals surface area (Å²) in [7, 11) is 4.94. The van der Waals surface area contributed by atoms with Gasteiger partial charge in [-0.3, -0.25) is 5.32 Å². The smallest absolute Gasteiger partial charge is 0.434 e. The number of thiazole rings is 1. The van der Waals surface area contributed by atoms with Gasteiger partial charge in [0.2, 0.25) is 5.88 Å². The summed E-state index contributed by atoms with van der Waals surface area (Å²) in [4.78, 5) is 38.4. The first kappa shape index (κ1) is 27.8. The number of nitrogens with one attached hydrogen (secondary N) is 2. The van der Waals surface area contributed by atoms with E-state index in [2.05, 4.69) is 25.6 Å². The Hall–Kier alpha value is -3.78. The van der Waals surface area contributed by atoms with Gasteiger partial charge < -0.3 is 19.7 Å². The number of esters is 1. The number of hydrogen-bond acceptors (Lipinski definition) is 9. The number of pyridine rings is 2. The van der Waals surface area contributed by atoms with E-state index in [1.165, 1.54) is 31.6 Å². The number of amides is 2. The first-order valence-electron chi connectivity index (χ1n) is 11.0.